The largest absolute Gasteiger partial charge is 0.434 e. The molecule has 2 aromatic rings. The number of halogens is 5. The van der Waals surface area contributed by atoms with Crippen LogP contribution in [-0.4, -0.2) is 45.7 Å². The Balaban J connectivity index is 1.88. The van der Waals surface area contributed by atoms with Crippen molar-refractivity contribution in [1.82, 2.24) is 15.3 Å². The number of carbonyl (C=O) groups excluding carboxylic acids is 1. The molecule has 2 atom stereocenters. The number of anilines is 1. The fraction of sp³-hybridized carbons (Fsp3) is 0.350. The first-order chi connectivity index (χ1) is 15.0. The fourth-order valence-electron chi connectivity index (χ4n) is 3.20. The second-order valence-corrected chi connectivity index (χ2v) is 7.20. The number of alkyl halides is 4. The average molecular weight is 458 g/mol. The van der Waals surface area contributed by atoms with Gasteiger partial charge in [0.15, 0.2) is 5.83 Å². The lowest BCUT2D eigenvalue weighted by atomic mass is 9.89. The van der Waals surface area contributed by atoms with Crippen LogP contribution in [0.25, 0.3) is 11.9 Å². The fourth-order valence-corrected chi connectivity index (χ4v) is 3.20. The van der Waals surface area contributed by atoms with Crippen LogP contribution in [0.5, 0.6) is 5.75 Å². The molecule has 3 rings (SSSR count). The third-order valence-electron chi connectivity index (χ3n) is 4.79. The van der Waals surface area contributed by atoms with Crippen LogP contribution in [0.1, 0.15) is 40.9 Å². The Morgan fingerprint density at radius 1 is 1.31 bits per heavy atom. The first-order valence-electron chi connectivity index (χ1n) is 9.45. The van der Waals surface area contributed by atoms with Crippen LogP contribution in [0.3, 0.4) is 0 Å². The molecule has 0 aliphatic heterocycles. The molecule has 0 radical (unpaired) electrons. The summed E-state index contributed by atoms with van der Waals surface area (Å²) < 4.78 is 71.7. The number of nitrogens with one attached hydrogen (secondary N) is 1. The van der Waals surface area contributed by atoms with Gasteiger partial charge in [-0.2, -0.15) is 8.78 Å². The van der Waals surface area contributed by atoms with E-state index in [2.05, 4.69) is 20.0 Å². The van der Waals surface area contributed by atoms with E-state index in [0.29, 0.717) is 0 Å². The van der Waals surface area contributed by atoms with Gasteiger partial charge >= 0.3 is 6.61 Å². The number of hydrogen-bond donors (Lipinski definition) is 3. The molecule has 1 aromatic heterocycles. The molecule has 7 nitrogen and oxygen atoms in total. The minimum atomic E-state index is -3.22. The Morgan fingerprint density at radius 2 is 2.06 bits per heavy atom. The van der Waals surface area contributed by atoms with Crippen LogP contribution in [-0.2, 0) is 0 Å². The van der Waals surface area contributed by atoms with Gasteiger partial charge in [-0.1, -0.05) is 0 Å². The van der Waals surface area contributed by atoms with E-state index in [1.807, 2.05) is 0 Å². The molecule has 0 unspecified atom stereocenters. The smallest absolute Gasteiger partial charge is 0.387 e. The minimum absolute atomic E-state index is 0.0393. The maximum atomic E-state index is 14.6. The summed E-state index contributed by atoms with van der Waals surface area (Å²) in [7, 11) is 0. The molecule has 0 bridgehead atoms. The van der Waals surface area contributed by atoms with E-state index in [1.165, 1.54) is 0 Å². The number of nitrogens with zero attached hydrogens (tertiary/aromatic N) is 2. The van der Waals surface area contributed by atoms with Gasteiger partial charge in [-0.15, -0.1) is 0 Å². The minimum Gasteiger partial charge on any atom is -0.434 e. The first-order valence-corrected chi connectivity index (χ1v) is 9.45. The lowest BCUT2D eigenvalue weighted by Crippen LogP contribution is -2.50. The van der Waals surface area contributed by atoms with Gasteiger partial charge in [-0.25, -0.2) is 23.1 Å². The van der Waals surface area contributed by atoms with Gasteiger partial charge in [0, 0.05) is 24.0 Å². The van der Waals surface area contributed by atoms with Gasteiger partial charge in [-0.3, -0.25) is 4.79 Å². The number of hydrogen-bond acceptors (Lipinski definition) is 6. The molecule has 1 amide bonds. The highest BCUT2D eigenvalue weighted by atomic mass is 19.3. The van der Waals surface area contributed by atoms with Crippen LogP contribution in [0.15, 0.2) is 30.6 Å². The molecule has 172 valence electrons. The number of amides is 1. The van der Waals surface area contributed by atoms with Gasteiger partial charge in [0.2, 0.25) is 5.92 Å². The van der Waals surface area contributed by atoms with Gasteiger partial charge in [0.05, 0.1) is 24.5 Å². The summed E-state index contributed by atoms with van der Waals surface area (Å²) in [6.45, 7) is -3.22. The maximum absolute atomic E-state index is 14.6. The number of nitrogen functional groups attached to an aromatic ring is 1. The molecule has 4 N–H and O–H groups in total. The van der Waals surface area contributed by atoms with Crippen molar-refractivity contribution in [2.24, 2.45) is 0 Å². The summed E-state index contributed by atoms with van der Waals surface area (Å²) in [6.07, 6.45) is 0.316. The van der Waals surface area contributed by atoms with Crippen molar-refractivity contribution in [1.29, 1.82) is 0 Å². The zero-order valence-corrected chi connectivity index (χ0v) is 16.4. The van der Waals surface area contributed by atoms with Crippen molar-refractivity contribution < 1.29 is 36.6 Å². The molecule has 1 aliphatic rings. The highest BCUT2D eigenvalue weighted by Crippen LogP contribution is 2.34. The number of benzene rings is 1. The maximum Gasteiger partial charge on any atom is 0.387 e. The molecular weight excluding hydrogens is 439 g/mol. The lowest BCUT2D eigenvalue weighted by molar-refractivity contribution is -0.0768. The average Bonchev–Trinajstić information content (AvgIpc) is 2.72. The number of aliphatic hydroxyl groups excluding tert-OH is 1. The van der Waals surface area contributed by atoms with Crippen LogP contribution in [0.4, 0.5) is 27.8 Å². The zero-order valence-electron chi connectivity index (χ0n) is 16.4. The number of carbonyl (C=O) groups is 1. The van der Waals surface area contributed by atoms with Crippen molar-refractivity contribution >= 4 is 23.6 Å². The second-order valence-electron chi connectivity index (χ2n) is 7.20. The third-order valence-corrected chi connectivity index (χ3v) is 4.79. The molecule has 1 saturated carbocycles. The number of aliphatic hydroxyl groups is 1. The number of rotatable bonds is 6. The molecule has 32 heavy (non-hydrogen) atoms. The highest BCUT2D eigenvalue weighted by Gasteiger charge is 2.41. The third kappa shape index (κ3) is 5.90. The Bertz CT molecular complexity index is 1000. The van der Waals surface area contributed by atoms with Crippen LogP contribution < -0.4 is 15.8 Å². The van der Waals surface area contributed by atoms with E-state index in [4.69, 9.17) is 5.73 Å². The number of ether oxygens (including phenoxy) is 1. The summed E-state index contributed by atoms with van der Waals surface area (Å²) in [5, 5.41) is 12.2. The molecule has 1 aliphatic carbocycles. The topological polar surface area (TPSA) is 110 Å². The SMILES string of the molecule is Nc1cnc(/C(F)=C/c2cc(C(=O)N[C@H]3CC(F)(F)CC[C@@H]3O)ccc2OC(F)F)cn1. The standard InChI is InChI=1S/C20H19F5N4O3/c21-12(14-8-28-17(26)9-27-14)6-11-5-10(1-2-16(11)32-19(22)23)18(31)29-13-7-20(24,25)4-3-15(13)30/h1-2,5-6,8-9,13,15,19,30H,3-4,7H2,(H2,26,28)(H,29,31)/b12-6-/t13-,15-/m0/s1. The summed E-state index contributed by atoms with van der Waals surface area (Å²) >= 11 is 0. The first kappa shape index (κ1) is 23.4. The molecule has 1 fully saturated rings. The molecule has 0 spiro atoms. The zero-order chi connectivity index (χ0) is 23.5. The predicted octanol–water partition coefficient (Wildman–Crippen LogP) is 3.41. The van der Waals surface area contributed by atoms with Crippen molar-refractivity contribution in [3.05, 3.63) is 47.4 Å². The highest BCUT2D eigenvalue weighted by molar-refractivity contribution is 5.96. The summed E-state index contributed by atoms with van der Waals surface area (Å²) in [6, 6.07) is 1.97. The molecule has 12 heteroatoms. The Labute approximate surface area is 179 Å². The van der Waals surface area contributed by atoms with Gasteiger partial charge in [-0.05, 0) is 30.7 Å². The van der Waals surface area contributed by atoms with E-state index in [-0.39, 0.29) is 29.1 Å². The predicted molar refractivity (Wildman–Crippen MR) is 105 cm³/mol. The lowest BCUT2D eigenvalue weighted by Gasteiger charge is -2.33. The van der Waals surface area contributed by atoms with E-state index in [9.17, 15) is 31.9 Å². The van der Waals surface area contributed by atoms with Crippen LogP contribution in [0.2, 0.25) is 0 Å². The van der Waals surface area contributed by atoms with Crippen molar-refractivity contribution in [2.75, 3.05) is 5.73 Å². The van der Waals surface area contributed by atoms with Gasteiger partial charge in [0.1, 0.15) is 17.3 Å². The van der Waals surface area contributed by atoms with E-state index in [1.54, 1.807) is 0 Å². The van der Waals surface area contributed by atoms with Crippen molar-refractivity contribution in [3.8, 4) is 5.75 Å². The quantitative estimate of drug-likeness (QED) is 0.573. The monoisotopic (exact) mass is 458 g/mol. The van der Waals surface area contributed by atoms with Crippen LogP contribution in [0, 0.1) is 0 Å². The molecule has 1 aromatic carbocycles. The van der Waals surface area contributed by atoms with Crippen molar-refractivity contribution in [3.63, 3.8) is 0 Å². The molecule has 1 heterocycles. The van der Waals surface area contributed by atoms with E-state index >= 15 is 0 Å². The van der Waals surface area contributed by atoms with Gasteiger partial charge in [0.25, 0.3) is 5.91 Å². The molecular formula is C20H19F5N4O3. The molecule has 0 saturated heterocycles. The summed E-state index contributed by atoms with van der Waals surface area (Å²) in [4.78, 5) is 19.9. The number of nitrogens with two attached hydrogens (primary N) is 1. The Morgan fingerprint density at radius 3 is 2.72 bits per heavy atom. The normalized spacial score (nSPS) is 20.8. The van der Waals surface area contributed by atoms with E-state index < -0.39 is 55.0 Å². The second kappa shape index (κ2) is 9.47. The summed E-state index contributed by atoms with van der Waals surface area (Å²) in [5.74, 6) is -5.26. The Kier molecular flexibility index (Phi) is 6.92. The van der Waals surface area contributed by atoms with E-state index in [0.717, 1.165) is 36.7 Å². The van der Waals surface area contributed by atoms with Crippen molar-refractivity contribution in [2.45, 2.75) is 43.9 Å². The summed E-state index contributed by atoms with van der Waals surface area (Å²) in [5.41, 5.74) is 4.76. The van der Waals surface area contributed by atoms with Crippen LogP contribution >= 0.6 is 0 Å². The number of aromatic nitrogens is 2. The Hall–Kier alpha value is -3.28. The van der Waals surface area contributed by atoms with Gasteiger partial charge < -0.3 is 20.9 Å².